The zero-order valence-corrected chi connectivity index (χ0v) is 11.3. The molecule has 0 atom stereocenters. The zero-order valence-electron chi connectivity index (χ0n) is 8.08. The zero-order chi connectivity index (χ0) is 11.5. The van der Waals surface area contributed by atoms with Crippen LogP contribution < -0.4 is 4.74 Å². The van der Waals surface area contributed by atoms with Crippen LogP contribution in [-0.4, -0.2) is 0 Å². The van der Waals surface area contributed by atoms with Gasteiger partial charge < -0.3 is 4.74 Å². The SMILES string of the molecule is Fc1cc(Br)c(Oc2ccccc2)c(Br)c1. The lowest BCUT2D eigenvalue weighted by Gasteiger charge is -2.09. The van der Waals surface area contributed by atoms with E-state index in [-0.39, 0.29) is 5.82 Å². The van der Waals surface area contributed by atoms with E-state index >= 15 is 0 Å². The second kappa shape index (κ2) is 4.97. The first-order chi connectivity index (χ1) is 7.66. The van der Waals surface area contributed by atoms with Gasteiger partial charge in [0.2, 0.25) is 0 Å². The van der Waals surface area contributed by atoms with Gasteiger partial charge in [0, 0.05) is 0 Å². The minimum Gasteiger partial charge on any atom is -0.455 e. The van der Waals surface area contributed by atoms with Crippen LogP contribution in [0.15, 0.2) is 51.4 Å². The van der Waals surface area contributed by atoms with Gasteiger partial charge in [-0.1, -0.05) is 18.2 Å². The van der Waals surface area contributed by atoms with Gasteiger partial charge in [0.1, 0.15) is 11.6 Å². The van der Waals surface area contributed by atoms with Crippen LogP contribution in [0.5, 0.6) is 11.5 Å². The first kappa shape index (κ1) is 11.6. The maximum atomic E-state index is 13.0. The summed E-state index contributed by atoms with van der Waals surface area (Å²) in [5.41, 5.74) is 0. The predicted octanol–water partition coefficient (Wildman–Crippen LogP) is 5.14. The van der Waals surface area contributed by atoms with Gasteiger partial charge in [-0.05, 0) is 56.1 Å². The third-order valence-corrected chi connectivity index (χ3v) is 3.10. The molecule has 0 amide bonds. The minimum absolute atomic E-state index is 0.320. The van der Waals surface area contributed by atoms with Gasteiger partial charge in [0.05, 0.1) is 8.95 Å². The molecule has 0 unspecified atom stereocenters. The van der Waals surface area contributed by atoms with Crippen LogP contribution in [0.2, 0.25) is 0 Å². The van der Waals surface area contributed by atoms with Crippen molar-refractivity contribution in [1.29, 1.82) is 0 Å². The number of benzene rings is 2. The fourth-order valence-corrected chi connectivity index (χ4v) is 2.53. The van der Waals surface area contributed by atoms with E-state index in [0.29, 0.717) is 20.4 Å². The number of rotatable bonds is 2. The summed E-state index contributed by atoms with van der Waals surface area (Å²) in [6, 6.07) is 12.1. The van der Waals surface area contributed by atoms with E-state index in [1.54, 1.807) is 0 Å². The average Bonchev–Trinajstić information content (AvgIpc) is 2.25. The maximum absolute atomic E-state index is 13.0. The van der Waals surface area contributed by atoms with E-state index in [1.807, 2.05) is 30.3 Å². The first-order valence-corrected chi connectivity index (χ1v) is 6.13. The number of ether oxygens (including phenoxy) is 1. The molecule has 2 rings (SSSR count). The molecule has 0 N–H and O–H groups in total. The molecule has 0 fully saturated rings. The molecule has 0 bridgehead atoms. The van der Waals surface area contributed by atoms with Crippen LogP contribution in [0.4, 0.5) is 4.39 Å². The smallest absolute Gasteiger partial charge is 0.155 e. The van der Waals surface area contributed by atoms with Crippen LogP contribution in [-0.2, 0) is 0 Å². The third kappa shape index (κ3) is 2.62. The summed E-state index contributed by atoms with van der Waals surface area (Å²) in [5.74, 6) is 0.947. The Balaban J connectivity index is 2.35. The van der Waals surface area contributed by atoms with Crippen molar-refractivity contribution in [3.63, 3.8) is 0 Å². The number of para-hydroxylation sites is 1. The van der Waals surface area contributed by atoms with Crippen LogP contribution in [0, 0.1) is 5.82 Å². The number of hydrogen-bond acceptors (Lipinski definition) is 1. The number of halogens is 3. The Hall–Kier alpha value is -0.870. The van der Waals surface area contributed by atoms with Crippen molar-refractivity contribution in [2.45, 2.75) is 0 Å². The monoisotopic (exact) mass is 344 g/mol. The quantitative estimate of drug-likeness (QED) is 0.732. The highest BCUT2D eigenvalue weighted by atomic mass is 79.9. The summed E-state index contributed by atoms with van der Waals surface area (Å²) in [5, 5.41) is 0. The lowest BCUT2D eigenvalue weighted by molar-refractivity contribution is 0.474. The summed E-state index contributed by atoms with van der Waals surface area (Å²) in [6.07, 6.45) is 0. The molecule has 2 aromatic rings. The minimum atomic E-state index is -0.320. The Kier molecular flexibility index (Phi) is 3.61. The number of hydrogen-bond donors (Lipinski definition) is 0. The van der Waals surface area contributed by atoms with Crippen molar-refractivity contribution in [2.75, 3.05) is 0 Å². The van der Waals surface area contributed by atoms with Gasteiger partial charge in [-0.25, -0.2) is 4.39 Å². The Morgan fingerprint density at radius 2 is 1.50 bits per heavy atom. The molecular formula is C12H7Br2FO. The van der Waals surface area contributed by atoms with Crippen LogP contribution in [0.25, 0.3) is 0 Å². The van der Waals surface area contributed by atoms with Crippen molar-refractivity contribution in [1.82, 2.24) is 0 Å². The molecule has 2 aromatic carbocycles. The largest absolute Gasteiger partial charge is 0.455 e. The van der Waals surface area contributed by atoms with Gasteiger partial charge in [-0.2, -0.15) is 0 Å². The summed E-state index contributed by atoms with van der Waals surface area (Å²) in [6.45, 7) is 0. The Bertz CT molecular complexity index is 477. The van der Waals surface area contributed by atoms with Gasteiger partial charge in [0.15, 0.2) is 5.75 Å². The van der Waals surface area contributed by atoms with Gasteiger partial charge in [-0.15, -0.1) is 0 Å². The Morgan fingerprint density at radius 1 is 0.938 bits per heavy atom. The highest BCUT2D eigenvalue weighted by Gasteiger charge is 2.09. The van der Waals surface area contributed by atoms with E-state index in [4.69, 9.17) is 4.74 Å². The van der Waals surface area contributed by atoms with Crippen LogP contribution in [0.1, 0.15) is 0 Å². The van der Waals surface area contributed by atoms with E-state index in [2.05, 4.69) is 31.9 Å². The van der Waals surface area contributed by atoms with Crippen molar-refractivity contribution >= 4 is 31.9 Å². The molecule has 4 heteroatoms. The second-order valence-electron chi connectivity index (χ2n) is 3.11. The predicted molar refractivity (Wildman–Crippen MR) is 68.3 cm³/mol. The first-order valence-electron chi connectivity index (χ1n) is 4.54. The summed E-state index contributed by atoms with van der Waals surface area (Å²) < 4.78 is 19.8. The topological polar surface area (TPSA) is 9.23 Å². The molecule has 82 valence electrons. The van der Waals surface area contributed by atoms with Gasteiger partial charge in [-0.3, -0.25) is 0 Å². The van der Waals surface area contributed by atoms with Crippen molar-refractivity contribution in [3.8, 4) is 11.5 Å². The Labute approximate surface area is 110 Å². The maximum Gasteiger partial charge on any atom is 0.155 e. The third-order valence-electron chi connectivity index (χ3n) is 1.93. The summed E-state index contributed by atoms with van der Waals surface area (Å²) >= 11 is 6.52. The lowest BCUT2D eigenvalue weighted by atomic mass is 10.3. The normalized spacial score (nSPS) is 10.2. The standard InChI is InChI=1S/C12H7Br2FO/c13-10-6-8(15)7-11(14)12(10)16-9-4-2-1-3-5-9/h1-7H. The second-order valence-corrected chi connectivity index (χ2v) is 4.82. The molecule has 0 aromatic heterocycles. The summed E-state index contributed by atoms with van der Waals surface area (Å²) in [4.78, 5) is 0. The molecule has 0 radical (unpaired) electrons. The molecule has 0 aliphatic carbocycles. The molecule has 0 heterocycles. The average molecular weight is 346 g/mol. The fourth-order valence-electron chi connectivity index (χ4n) is 1.23. The van der Waals surface area contributed by atoms with Gasteiger partial charge in [0.25, 0.3) is 0 Å². The molecule has 0 spiro atoms. The van der Waals surface area contributed by atoms with Crippen LogP contribution in [0.3, 0.4) is 0 Å². The lowest BCUT2D eigenvalue weighted by Crippen LogP contribution is -1.88. The fraction of sp³-hybridized carbons (Fsp3) is 0. The highest BCUT2D eigenvalue weighted by molar-refractivity contribution is 9.11. The van der Waals surface area contributed by atoms with Crippen molar-refractivity contribution in [3.05, 3.63) is 57.2 Å². The molecule has 0 aliphatic rings. The molecule has 0 saturated carbocycles. The van der Waals surface area contributed by atoms with Crippen molar-refractivity contribution in [2.24, 2.45) is 0 Å². The van der Waals surface area contributed by atoms with Crippen LogP contribution >= 0.6 is 31.9 Å². The molecule has 16 heavy (non-hydrogen) atoms. The highest BCUT2D eigenvalue weighted by Crippen LogP contribution is 2.37. The Morgan fingerprint density at radius 3 is 2.06 bits per heavy atom. The van der Waals surface area contributed by atoms with E-state index < -0.39 is 0 Å². The molecule has 1 nitrogen and oxygen atoms in total. The van der Waals surface area contributed by atoms with E-state index in [1.165, 1.54) is 12.1 Å². The molecule has 0 aliphatic heterocycles. The molecule has 0 saturated heterocycles. The molecular weight excluding hydrogens is 339 g/mol. The van der Waals surface area contributed by atoms with Crippen molar-refractivity contribution < 1.29 is 9.13 Å². The van der Waals surface area contributed by atoms with E-state index in [9.17, 15) is 4.39 Å². The summed E-state index contributed by atoms with van der Waals surface area (Å²) in [7, 11) is 0. The van der Waals surface area contributed by atoms with Gasteiger partial charge >= 0.3 is 0 Å². The van der Waals surface area contributed by atoms with E-state index in [0.717, 1.165) is 0 Å².